The highest BCUT2D eigenvalue weighted by molar-refractivity contribution is 5.10. The smallest absolute Gasteiger partial charge is 0.141 e. The summed E-state index contributed by atoms with van der Waals surface area (Å²) in [5.74, 6) is -0.134. The minimum atomic E-state index is -0.343. The molecule has 1 heterocycles. The van der Waals surface area contributed by atoms with E-state index in [1.54, 1.807) is 6.07 Å². The lowest BCUT2D eigenvalue weighted by molar-refractivity contribution is 0.0830. The lowest BCUT2D eigenvalue weighted by Crippen LogP contribution is -2.45. The molecule has 0 aliphatic heterocycles. The summed E-state index contributed by atoms with van der Waals surface area (Å²) >= 11 is 0. The number of aliphatic hydroxyl groups excluding tert-OH is 1. The number of pyridine rings is 1. The zero-order valence-electron chi connectivity index (χ0n) is 12.0. The number of hydrogen-bond donors (Lipinski definition) is 2. The molecule has 1 fully saturated rings. The number of aromatic nitrogens is 1. The Morgan fingerprint density at radius 2 is 2.25 bits per heavy atom. The third-order valence-electron chi connectivity index (χ3n) is 4.21. The van der Waals surface area contributed by atoms with Crippen LogP contribution in [0.2, 0.25) is 0 Å². The molecule has 4 nitrogen and oxygen atoms in total. The van der Waals surface area contributed by atoms with Gasteiger partial charge in [0.15, 0.2) is 0 Å². The van der Waals surface area contributed by atoms with E-state index in [1.165, 1.54) is 31.5 Å². The maximum atomic E-state index is 12.9. The molecule has 0 spiro atoms. The molecule has 0 amide bonds. The van der Waals surface area contributed by atoms with Gasteiger partial charge in [0.05, 0.1) is 24.5 Å². The summed E-state index contributed by atoms with van der Waals surface area (Å²) in [7, 11) is 0. The topological polar surface area (TPSA) is 62.4 Å². The van der Waals surface area contributed by atoms with Crippen LogP contribution in [0.4, 0.5) is 4.39 Å². The van der Waals surface area contributed by atoms with Crippen LogP contribution >= 0.6 is 0 Å². The quantitative estimate of drug-likeness (QED) is 0.798. The van der Waals surface area contributed by atoms with Crippen molar-refractivity contribution >= 4 is 0 Å². The lowest BCUT2D eigenvalue weighted by Gasteiger charge is -2.39. The van der Waals surface area contributed by atoms with E-state index in [9.17, 15) is 9.50 Å². The Hall–Kier alpha value is -1.04. The molecule has 1 aliphatic rings. The fourth-order valence-corrected chi connectivity index (χ4v) is 2.66. The Morgan fingerprint density at radius 1 is 1.50 bits per heavy atom. The molecule has 5 heteroatoms. The van der Waals surface area contributed by atoms with Crippen molar-refractivity contribution in [1.82, 2.24) is 9.88 Å². The molecule has 20 heavy (non-hydrogen) atoms. The number of aliphatic hydroxyl groups is 1. The van der Waals surface area contributed by atoms with Gasteiger partial charge in [-0.05, 0) is 30.9 Å². The monoisotopic (exact) mass is 281 g/mol. The molecular formula is C15H24FN3O. The van der Waals surface area contributed by atoms with Crippen LogP contribution < -0.4 is 5.73 Å². The molecule has 0 radical (unpaired) electrons. The van der Waals surface area contributed by atoms with Crippen LogP contribution in [-0.2, 0) is 0 Å². The fourth-order valence-electron chi connectivity index (χ4n) is 2.66. The number of nitrogens with two attached hydrogens (primary N) is 1. The molecule has 0 aromatic carbocycles. The van der Waals surface area contributed by atoms with E-state index < -0.39 is 0 Å². The summed E-state index contributed by atoms with van der Waals surface area (Å²) < 4.78 is 12.9. The van der Waals surface area contributed by atoms with E-state index in [0.717, 1.165) is 12.2 Å². The second-order valence-corrected chi connectivity index (χ2v) is 5.71. The summed E-state index contributed by atoms with van der Waals surface area (Å²) in [5, 5.41) is 9.18. The molecule has 1 aliphatic carbocycles. The molecule has 3 N–H and O–H groups in total. The first-order valence-corrected chi connectivity index (χ1v) is 7.33. The average molecular weight is 281 g/mol. The summed E-state index contributed by atoms with van der Waals surface area (Å²) in [6.45, 7) is 3.79. The largest absolute Gasteiger partial charge is 0.395 e. The highest BCUT2D eigenvalue weighted by atomic mass is 19.1. The van der Waals surface area contributed by atoms with E-state index in [1.807, 2.05) is 0 Å². The van der Waals surface area contributed by atoms with Crippen molar-refractivity contribution in [2.45, 2.75) is 38.3 Å². The molecule has 0 bridgehead atoms. The van der Waals surface area contributed by atoms with E-state index in [2.05, 4.69) is 16.8 Å². The van der Waals surface area contributed by atoms with Gasteiger partial charge in [-0.15, -0.1) is 0 Å². The number of rotatable bonds is 7. The Bertz CT molecular complexity index is 408. The molecule has 2 rings (SSSR count). The molecule has 1 saturated carbocycles. The molecule has 2 unspecified atom stereocenters. The van der Waals surface area contributed by atoms with Crippen molar-refractivity contribution in [3.8, 4) is 0 Å². The first-order valence-electron chi connectivity index (χ1n) is 7.33. The van der Waals surface area contributed by atoms with Crippen LogP contribution in [0.3, 0.4) is 0 Å². The van der Waals surface area contributed by atoms with Gasteiger partial charge in [0.1, 0.15) is 5.82 Å². The number of hydrogen-bond acceptors (Lipinski definition) is 4. The lowest BCUT2D eigenvalue weighted by atomic mass is 9.89. The van der Waals surface area contributed by atoms with E-state index in [0.29, 0.717) is 12.6 Å². The third kappa shape index (κ3) is 3.75. The highest BCUT2D eigenvalue weighted by Crippen LogP contribution is 2.27. The Labute approximate surface area is 119 Å². The van der Waals surface area contributed by atoms with Gasteiger partial charge in [-0.2, -0.15) is 0 Å². The Balaban J connectivity index is 1.94. The van der Waals surface area contributed by atoms with Crippen LogP contribution in [0, 0.1) is 11.7 Å². The fraction of sp³-hybridized carbons (Fsp3) is 0.667. The van der Waals surface area contributed by atoms with E-state index >= 15 is 0 Å². The molecule has 112 valence electrons. The molecule has 0 saturated heterocycles. The van der Waals surface area contributed by atoms with Crippen LogP contribution in [0.25, 0.3) is 0 Å². The minimum absolute atomic E-state index is 0.174. The van der Waals surface area contributed by atoms with Gasteiger partial charge in [0.25, 0.3) is 0 Å². The standard InChI is InChI=1S/C15H24FN3O/c1-11(10-19(7-8-20)13-3-2-4-13)15(17)14-6-5-12(16)9-18-14/h5-6,9,11,13,15,20H,2-4,7-8,10,17H2,1H3. The predicted octanol–water partition coefficient (Wildman–Crippen LogP) is 1.70. The van der Waals surface area contributed by atoms with Gasteiger partial charge in [0, 0.05) is 19.1 Å². The maximum Gasteiger partial charge on any atom is 0.141 e. The van der Waals surface area contributed by atoms with Gasteiger partial charge in [0.2, 0.25) is 0 Å². The van der Waals surface area contributed by atoms with Crippen LogP contribution in [-0.4, -0.2) is 40.7 Å². The van der Waals surface area contributed by atoms with Crippen molar-refractivity contribution in [2.24, 2.45) is 11.7 Å². The predicted molar refractivity (Wildman–Crippen MR) is 76.6 cm³/mol. The summed E-state index contributed by atoms with van der Waals surface area (Å²) in [4.78, 5) is 6.38. The van der Waals surface area contributed by atoms with Crippen molar-refractivity contribution in [1.29, 1.82) is 0 Å². The summed E-state index contributed by atoms with van der Waals surface area (Å²) in [6.07, 6.45) is 4.89. The second kappa shape index (κ2) is 7.11. The van der Waals surface area contributed by atoms with Gasteiger partial charge in [-0.1, -0.05) is 13.3 Å². The first kappa shape index (κ1) is 15.4. The van der Waals surface area contributed by atoms with Crippen molar-refractivity contribution in [2.75, 3.05) is 19.7 Å². The summed E-state index contributed by atoms with van der Waals surface area (Å²) in [5.41, 5.74) is 6.94. The average Bonchev–Trinajstić information content (AvgIpc) is 2.37. The number of halogens is 1. The molecule has 1 aromatic rings. The van der Waals surface area contributed by atoms with E-state index in [4.69, 9.17) is 5.73 Å². The van der Waals surface area contributed by atoms with E-state index in [-0.39, 0.29) is 24.4 Å². The van der Waals surface area contributed by atoms with Gasteiger partial charge in [-0.25, -0.2) is 4.39 Å². The normalized spacial score (nSPS) is 18.9. The SMILES string of the molecule is CC(CN(CCO)C1CCC1)C(N)c1ccc(F)cn1. The molecule has 1 aromatic heterocycles. The van der Waals surface area contributed by atoms with Crippen LogP contribution in [0.1, 0.15) is 37.9 Å². The highest BCUT2D eigenvalue weighted by Gasteiger charge is 2.27. The Morgan fingerprint density at radius 3 is 2.75 bits per heavy atom. The molecular weight excluding hydrogens is 257 g/mol. The molecule has 2 atom stereocenters. The van der Waals surface area contributed by atoms with Crippen LogP contribution in [0.5, 0.6) is 0 Å². The van der Waals surface area contributed by atoms with Crippen molar-refractivity contribution in [3.05, 3.63) is 29.8 Å². The summed E-state index contributed by atoms with van der Waals surface area (Å²) in [6, 6.07) is 3.41. The van der Waals surface area contributed by atoms with Crippen molar-refractivity contribution < 1.29 is 9.50 Å². The minimum Gasteiger partial charge on any atom is -0.395 e. The van der Waals surface area contributed by atoms with Crippen LogP contribution in [0.15, 0.2) is 18.3 Å². The third-order valence-corrected chi connectivity index (χ3v) is 4.21. The van der Waals surface area contributed by atoms with Gasteiger partial charge < -0.3 is 10.8 Å². The Kier molecular flexibility index (Phi) is 5.46. The first-order chi connectivity index (χ1) is 9.61. The second-order valence-electron chi connectivity index (χ2n) is 5.71. The zero-order chi connectivity index (χ0) is 14.5. The number of nitrogens with zero attached hydrogens (tertiary/aromatic N) is 2. The van der Waals surface area contributed by atoms with Gasteiger partial charge >= 0.3 is 0 Å². The zero-order valence-corrected chi connectivity index (χ0v) is 12.0. The van der Waals surface area contributed by atoms with Crippen molar-refractivity contribution in [3.63, 3.8) is 0 Å². The maximum absolute atomic E-state index is 12.9. The van der Waals surface area contributed by atoms with Gasteiger partial charge in [-0.3, -0.25) is 9.88 Å².